The van der Waals surface area contributed by atoms with Crippen molar-refractivity contribution in [2.75, 3.05) is 14.7 Å². The third-order valence-electron chi connectivity index (χ3n) is 18.3. The minimum atomic E-state index is 0.0114. The van der Waals surface area contributed by atoms with Gasteiger partial charge in [0.2, 0.25) is 0 Å². The Morgan fingerprint density at radius 2 is 0.887 bits per heavy atom. The Hall–Kier alpha value is -6.00. The lowest BCUT2D eigenvalue weighted by atomic mass is 9.33. The first-order valence-corrected chi connectivity index (χ1v) is 26.7. The van der Waals surface area contributed by atoms with Crippen LogP contribution in [0.5, 0.6) is 0 Å². The van der Waals surface area contributed by atoms with Crippen molar-refractivity contribution in [2.45, 2.75) is 162 Å². The van der Waals surface area contributed by atoms with Crippen LogP contribution in [0.3, 0.4) is 0 Å². The predicted octanol–water partition coefficient (Wildman–Crippen LogP) is 16.4. The van der Waals surface area contributed by atoms with Crippen LogP contribution >= 0.6 is 0 Å². The number of aryl methyl sites for hydroxylation is 2. The van der Waals surface area contributed by atoms with Crippen molar-refractivity contribution in [1.82, 2.24) is 0 Å². The van der Waals surface area contributed by atoms with Gasteiger partial charge >= 0.3 is 0 Å². The summed E-state index contributed by atoms with van der Waals surface area (Å²) in [5.74, 6) is 0. The van der Waals surface area contributed by atoms with E-state index in [0.717, 1.165) is 29.9 Å². The molecule has 0 radical (unpaired) electrons. The highest BCUT2D eigenvalue weighted by Gasteiger charge is 2.50. The average Bonchev–Trinajstić information content (AvgIpc) is 3.60. The van der Waals surface area contributed by atoms with Crippen molar-refractivity contribution in [2.24, 2.45) is 0 Å². The van der Waals surface area contributed by atoms with E-state index >= 15 is 0 Å². The summed E-state index contributed by atoms with van der Waals surface area (Å²) < 4.78 is 0. The number of anilines is 9. The van der Waals surface area contributed by atoms with Crippen molar-refractivity contribution in [3.8, 4) is 0 Å². The molecule has 0 fully saturated rings. The Labute approximate surface area is 426 Å². The Kier molecular flexibility index (Phi) is 9.76. The van der Waals surface area contributed by atoms with Crippen LogP contribution < -0.4 is 31.1 Å². The Bertz CT molecular complexity index is 3330. The van der Waals surface area contributed by atoms with Gasteiger partial charge in [-0.15, -0.1) is 0 Å². The first-order valence-electron chi connectivity index (χ1n) is 26.7. The fourth-order valence-corrected chi connectivity index (χ4v) is 15.5. The highest BCUT2D eigenvalue weighted by atomic mass is 15.2. The minimum absolute atomic E-state index is 0.0114. The Morgan fingerprint density at radius 1 is 0.394 bits per heavy atom. The Balaban J connectivity index is 1.20. The molecule has 0 N–H and O–H groups in total. The molecule has 0 saturated heterocycles. The van der Waals surface area contributed by atoms with Crippen molar-refractivity contribution >= 4 is 74.3 Å². The number of para-hydroxylation sites is 2. The Morgan fingerprint density at radius 3 is 1.46 bits per heavy atom. The summed E-state index contributed by atoms with van der Waals surface area (Å²) in [6, 6.07) is 49.8. The molecule has 3 nitrogen and oxygen atoms in total. The first kappa shape index (κ1) is 46.1. The maximum Gasteiger partial charge on any atom is 0.252 e. The van der Waals surface area contributed by atoms with Gasteiger partial charge in [0.15, 0.2) is 0 Å². The van der Waals surface area contributed by atoms with Crippen LogP contribution in [0.15, 0.2) is 127 Å². The average molecular weight is 932 g/mol. The summed E-state index contributed by atoms with van der Waals surface area (Å²) in [6.45, 7) is 36.8. The van der Waals surface area contributed by atoms with Gasteiger partial charge in [0, 0.05) is 51.2 Å². The third-order valence-corrected chi connectivity index (χ3v) is 18.3. The smallest absolute Gasteiger partial charge is 0.252 e. The number of benzene rings is 7. The second-order valence-corrected chi connectivity index (χ2v) is 26.5. The molecule has 0 amide bonds. The van der Waals surface area contributed by atoms with Crippen LogP contribution in [0.2, 0.25) is 0 Å². The molecule has 7 aromatic rings. The van der Waals surface area contributed by atoms with Gasteiger partial charge in [-0.2, -0.15) is 0 Å². The van der Waals surface area contributed by atoms with Crippen molar-refractivity contribution in [3.05, 3.63) is 177 Å². The molecule has 3 aliphatic carbocycles. The molecule has 0 spiro atoms. The van der Waals surface area contributed by atoms with E-state index in [9.17, 15) is 0 Å². The van der Waals surface area contributed by atoms with E-state index < -0.39 is 0 Å². The molecule has 2 heterocycles. The molecule has 360 valence electrons. The molecule has 12 rings (SSSR count). The van der Waals surface area contributed by atoms with E-state index in [1.165, 1.54) is 113 Å². The van der Waals surface area contributed by atoms with Gasteiger partial charge in [0.25, 0.3) is 6.71 Å². The van der Waals surface area contributed by atoms with Crippen LogP contribution in [0.25, 0.3) is 0 Å². The second kappa shape index (κ2) is 15.0. The zero-order valence-electron chi connectivity index (χ0n) is 45.4. The highest BCUT2D eigenvalue weighted by Crippen LogP contribution is 2.57. The third kappa shape index (κ3) is 6.74. The lowest BCUT2D eigenvalue weighted by molar-refractivity contribution is 0.330. The van der Waals surface area contributed by atoms with Crippen molar-refractivity contribution in [3.63, 3.8) is 0 Å². The molecule has 71 heavy (non-hydrogen) atoms. The number of nitrogens with zero attached hydrogens (tertiary/aromatic N) is 3. The monoisotopic (exact) mass is 932 g/mol. The summed E-state index contributed by atoms with van der Waals surface area (Å²) in [6.07, 6.45) is 4.61. The molecule has 7 aromatic carbocycles. The lowest BCUT2D eigenvalue weighted by Gasteiger charge is -2.47. The zero-order valence-corrected chi connectivity index (χ0v) is 45.4. The minimum Gasteiger partial charge on any atom is -0.311 e. The van der Waals surface area contributed by atoms with Gasteiger partial charge in [-0.1, -0.05) is 144 Å². The predicted molar refractivity (Wildman–Crippen MR) is 306 cm³/mol. The number of rotatable bonds is 5. The quantitative estimate of drug-likeness (QED) is 0.159. The van der Waals surface area contributed by atoms with Gasteiger partial charge < -0.3 is 14.7 Å². The van der Waals surface area contributed by atoms with E-state index in [1.54, 1.807) is 0 Å². The molecular formula is C67H74BN3. The summed E-state index contributed by atoms with van der Waals surface area (Å²) in [7, 11) is 0. The standard InChI is InChI=1S/C67H74BN3/c1-41-32-58-61-59(33-41)71(55-37-50-48(34-42(55)2)64(8,9)39-66(50,12)13)57-38-51-49(65(10,11)40-67(51,14)15)36-53(57)68(61)52-28-26-46(69(44-22-18-16-19-23-44)45-24-20-17-21-25-45)35-56(52)70(58)54-29-27-47-60(43(54)3)63(6,7)31-30-62(47,4)5/h16-29,32-38H,30-31,39-40H2,1-15H3. The number of hydrogen-bond acceptors (Lipinski definition) is 3. The summed E-state index contributed by atoms with van der Waals surface area (Å²) in [4.78, 5) is 7.87. The van der Waals surface area contributed by atoms with Crippen LogP contribution in [0.4, 0.5) is 51.2 Å². The topological polar surface area (TPSA) is 9.72 Å². The van der Waals surface area contributed by atoms with Crippen LogP contribution in [-0.4, -0.2) is 6.71 Å². The molecule has 4 heteroatoms. The van der Waals surface area contributed by atoms with Gasteiger partial charge in [-0.3, -0.25) is 0 Å². The van der Waals surface area contributed by atoms with E-state index in [-0.39, 0.29) is 39.2 Å². The summed E-state index contributed by atoms with van der Waals surface area (Å²) in [5.41, 5.74) is 28.8. The molecule has 0 unspecified atom stereocenters. The van der Waals surface area contributed by atoms with Gasteiger partial charge in [0.05, 0.1) is 0 Å². The van der Waals surface area contributed by atoms with Crippen molar-refractivity contribution < 1.29 is 0 Å². The molecule has 0 atom stereocenters. The van der Waals surface area contributed by atoms with Gasteiger partial charge in [-0.25, -0.2) is 0 Å². The highest BCUT2D eigenvalue weighted by molar-refractivity contribution is 7.00. The van der Waals surface area contributed by atoms with Crippen LogP contribution in [0.1, 0.15) is 159 Å². The number of fused-ring (bicyclic) bond motifs is 7. The van der Waals surface area contributed by atoms with Gasteiger partial charge in [-0.05, 0) is 212 Å². The van der Waals surface area contributed by atoms with E-state index in [2.05, 4.69) is 246 Å². The lowest BCUT2D eigenvalue weighted by Crippen LogP contribution is -2.61. The SMILES string of the molecule is Cc1cc2c3c(c1)N(c1ccc4c(c1C)C(C)(C)CCC4(C)C)c1cc(N(c4ccccc4)c4ccccc4)ccc1B3c1cc3c(cc1N2c1cc2c(cc1C)C(C)(C)CC2(C)C)C(C)(C)CC3(C)C. The second-order valence-electron chi connectivity index (χ2n) is 26.5. The molecule has 0 bridgehead atoms. The van der Waals surface area contributed by atoms with E-state index in [1.807, 2.05) is 0 Å². The van der Waals surface area contributed by atoms with Crippen LogP contribution in [0, 0.1) is 20.8 Å². The van der Waals surface area contributed by atoms with E-state index in [4.69, 9.17) is 0 Å². The summed E-state index contributed by atoms with van der Waals surface area (Å²) >= 11 is 0. The zero-order chi connectivity index (χ0) is 50.1. The largest absolute Gasteiger partial charge is 0.311 e. The van der Waals surface area contributed by atoms with Crippen molar-refractivity contribution in [1.29, 1.82) is 0 Å². The molecule has 5 aliphatic rings. The van der Waals surface area contributed by atoms with E-state index in [0.29, 0.717) is 0 Å². The number of hydrogen-bond donors (Lipinski definition) is 0. The maximum absolute atomic E-state index is 2.73. The molecule has 2 aliphatic heterocycles. The summed E-state index contributed by atoms with van der Waals surface area (Å²) in [5, 5.41) is 0. The fourth-order valence-electron chi connectivity index (χ4n) is 15.5. The maximum atomic E-state index is 2.73. The van der Waals surface area contributed by atoms with Gasteiger partial charge in [0.1, 0.15) is 0 Å². The first-order chi connectivity index (χ1) is 33.4. The molecular weight excluding hydrogens is 858 g/mol. The fraction of sp³-hybridized carbons (Fsp3) is 0.373. The molecule has 0 saturated carbocycles. The van der Waals surface area contributed by atoms with Crippen LogP contribution in [-0.2, 0) is 32.5 Å². The molecule has 0 aromatic heterocycles. The normalized spacial score (nSPS) is 19.6.